The number of hydrogen-bond donors (Lipinski definition) is 2. The summed E-state index contributed by atoms with van der Waals surface area (Å²) in [7, 11) is 0. The van der Waals surface area contributed by atoms with Crippen molar-refractivity contribution in [1.29, 1.82) is 0 Å². The average molecular weight is 415 g/mol. The largest absolute Gasteiger partial charge is 1.00 e. The van der Waals surface area contributed by atoms with Crippen LogP contribution in [0.3, 0.4) is 0 Å². The molecule has 4 aliphatic rings. The standard InChI is InChI=1S/C24H40O4.Na/c1-14(4-7-22(27)28)17-5-6-18-16-13-21(26)20-12-15(25)8-10-24(20,3)19(16)9-11-23(17,18)2;/h14-21,25-26H,4-13H2,1-3H3,(H,27,28);/q;+1/p-1/t14-,15-,16+,17-,18+,19+,20+,21+,23-,24-;/m1./s1. The van der Waals surface area contributed by atoms with Crippen molar-refractivity contribution < 1.29 is 49.7 Å². The number of carboxylic acid groups (broad SMARTS) is 1. The molecule has 160 valence electrons. The SMILES string of the molecule is C[C@H](CCC(=O)[O-])[C@H]1CC[C@H]2[C@@H]3C[C@H](O)[C@@H]4C[C@H](O)CC[C@]4(C)[C@H]3CC[C@]12C.[Na+]. The molecule has 0 bridgehead atoms. The third kappa shape index (κ3) is 3.99. The van der Waals surface area contributed by atoms with E-state index < -0.39 is 5.97 Å². The minimum Gasteiger partial charge on any atom is -0.550 e. The summed E-state index contributed by atoms with van der Waals surface area (Å²) in [6, 6.07) is 0. The second-order valence-corrected chi connectivity index (χ2v) is 11.3. The molecule has 4 fully saturated rings. The van der Waals surface area contributed by atoms with Gasteiger partial charge in [0.15, 0.2) is 0 Å². The van der Waals surface area contributed by atoms with Gasteiger partial charge in [-0.1, -0.05) is 20.8 Å². The molecule has 0 amide bonds. The van der Waals surface area contributed by atoms with E-state index in [1.54, 1.807) is 0 Å². The topological polar surface area (TPSA) is 80.6 Å². The van der Waals surface area contributed by atoms with Gasteiger partial charge in [0.2, 0.25) is 0 Å². The Morgan fingerprint density at radius 2 is 1.66 bits per heavy atom. The second-order valence-electron chi connectivity index (χ2n) is 11.3. The van der Waals surface area contributed by atoms with Gasteiger partial charge in [0.1, 0.15) is 0 Å². The summed E-state index contributed by atoms with van der Waals surface area (Å²) in [6.07, 6.45) is 8.88. The van der Waals surface area contributed by atoms with E-state index in [0.29, 0.717) is 29.6 Å². The third-order valence-electron chi connectivity index (χ3n) is 10.2. The molecule has 0 aromatic carbocycles. The van der Waals surface area contributed by atoms with Crippen LogP contribution in [0.5, 0.6) is 0 Å². The first-order valence-electron chi connectivity index (χ1n) is 11.7. The van der Waals surface area contributed by atoms with Crippen molar-refractivity contribution in [3.8, 4) is 0 Å². The van der Waals surface area contributed by atoms with E-state index in [9.17, 15) is 20.1 Å². The van der Waals surface area contributed by atoms with Gasteiger partial charge in [-0.3, -0.25) is 0 Å². The molecule has 4 nitrogen and oxygen atoms in total. The Morgan fingerprint density at radius 3 is 2.34 bits per heavy atom. The van der Waals surface area contributed by atoms with E-state index in [1.165, 1.54) is 25.7 Å². The monoisotopic (exact) mass is 414 g/mol. The summed E-state index contributed by atoms with van der Waals surface area (Å²) >= 11 is 0. The summed E-state index contributed by atoms with van der Waals surface area (Å²) in [5, 5.41) is 32.2. The maximum absolute atomic E-state index is 11.1. The van der Waals surface area contributed by atoms with Crippen LogP contribution < -0.4 is 34.7 Å². The maximum atomic E-state index is 11.1. The van der Waals surface area contributed by atoms with Crippen LogP contribution in [0.15, 0.2) is 0 Å². The molecule has 5 heteroatoms. The molecule has 29 heavy (non-hydrogen) atoms. The Hall–Kier alpha value is 0.390. The van der Waals surface area contributed by atoms with Gasteiger partial charge in [0.05, 0.1) is 12.2 Å². The maximum Gasteiger partial charge on any atom is 1.00 e. The molecule has 0 radical (unpaired) electrons. The number of fused-ring (bicyclic) bond motifs is 5. The van der Waals surface area contributed by atoms with Crippen molar-refractivity contribution in [3.05, 3.63) is 0 Å². The fourth-order valence-electron chi connectivity index (χ4n) is 8.80. The van der Waals surface area contributed by atoms with E-state index >= 15 is 0 Å². The van der Waals surface area contributed by atoms with Crippen LogP contribution in [-0.2, 0) is 4.79 Å². The van der Waals surface area contributed by atoms with Crippen molar-refractivity contribution >= 4 is 5.97 Å². The zero-order valence-corrected chi connectivity index (χ0v) is 20.9. The molecule has 0 spiro atoms. The molecule has 0 saturated heterocycles. The Bertz CT molecular complexity index is 612. The van der Waals surface area contributed by atoms with Gasteiger partial charge in [-0.2, -0.15) is 0 Å². The van der Waals surface area contributed by atoms with Gasteiger partial charge in [0, 0.05) is 5.97 Å². The first-order chi connectivity index (χ1) is 13.2. The van der Waals surface area contributed by atoms with Gasteiger partial charge < -0.3 is 20.1 Å². The fourth-order valence-corrected chi connectivity index (χ4v) is 8.80. The molecule has 0 unspecified atom stereocenters. The van der Waals surface area contributed by atoms with Crippen molar-refractivity contribution in [3.63, 3.8) is 0 Å². The van der Waals surface area contributed by atoms with Gasteiger partial charge in [-0.25, -0.2) is 0 Å². The molecule has 0 heterocycles. The summed E-state index contributed by atoms with van der Waals surface area (Å²) in [5.41, 5.74) is 0.450. The van der Waals surface area contributed by atoms with Gasteiger partial charge in [0.25, 0.3) is 0 Å². The molecule has 0 aromatic heterocycles. The van der Waals surface area contributed by atoms with Gasteiger partial charge in [-0.05, 0) is 111 Å². The zero-order chi connectivity index (χ0) is 20.3. The minimum absolute atomic E-state index is 0. The number of aliphatic hydroxyl groups excluding tert-OH is 2. The number of carbonyl (C=O) groups is 1. The zero-order valence-electron chi connectivity index (χ0n) is 18.9. The summed E-state index contributed by atoms with van der Waals surface area (Å²) < 4.78 is 0. The van der Waals surface area contributed by atoms with Crippen LogP contribution in [0.2, 0.25) is 0 Å². The molecule has 4 rings (SSSR count). The van der Waals surface area contributed by atoms with E-state index in [1.807, 2.05) is 0 Å². The van der Waals surface area contributed by atoms with E-state index in [-0.39, 0.29) is 64.9 Å². The van der Waals surface area contributed by atoms with Crippen LogP contribution in [0.25, 0.3) is 0 Å². The molecular formula is C24H39NaO4. The number of carbonyl (C=O) groups excluding carboxylic acids is 1. The van der Waals surface area contributed by atoms with Crippen molar-refractivity contribution in [2.45, 2.75) is 97.2 Å². The molecule has 10 atom stereocenters. The number of carboxylic acids is 1. The third-order valence-corrected chi connectivity index (χ3v) is 10.2. The molecule has 0 aliphatic heterocycles. The van der Waals surface area contributed by atoms with Crippen LogP contribution >= 0.6 is 0 Å². The number of aliphatic carboxylic acids is 1. The van der Waals surface area contributed by atoms with Crippen LogP contribution in [0.1, 0.15) is 85.0 Å². The number of hydrogen-bond acceptors (Lipinski definition) is 4. The number of rotatable bonds is 4. The average Bonchev–Trinajstić information content (AvgIpc) is 2.99. The summed E-state index contributed by atoms with van der Waals surface area (Å²) in [4.78, 5) is 10.9. The Labute approximate surface area is 198 Å². The fraction of sp³-hybridized carbons (Fsp3) is 0.958. The van der Waals surface area contributed by atoms with Gasteiger partial charge >= 0.3 is 29.6 Å². The molecule has 0 aromatic rings. The predicted molar refractivity (Wildman–Crippen MR) is 106 cm³/mol. The Morgan fingerprint density at radius 1 is 1.00 bits per heavy atom. The smallest absolute Gasteiger partial charge is 0.550 e. The van der Waals surface area contributed by atoms with E-state index in [4.69, 9.17) is 0 Å². The van der Waals surface area contributed by atoms with Gasteiger partial charge in [-0.15, -0.1) is 0 Å². The molecular weight excluding hydrogens is 375 g/mol. The van der Waals surface area contributed by atoms with E-state index in [2.05, 4.69) is 20.8 Å². The number of aliphatic hydroxyl groups is 2. The first-order valence-corrected chi connectivity index (χ1v) is 11.7. The normalized spacial score (nSPS) is 49.9. The first kappa shape index (κ1) is 24.0. The van der Waals surface area contributed by atoms with Crippen molar-refractivity contribution in [2.75, 3.05) is 0 Å². The summed E-state index contributed by atoms with van der Waals surface area (Å²) in [5.74, 6) is 2.25. The minimum atomic E-state index is -0.927. The van der Waals surface area contributed by atoms with Crippen LogP contribution in [-0.4, -0.2) is 28.4 Å². The Balaban J connectivity index is 0.00000240. The Kier molecular flexibility index (Phi) is 7.24. The molecule has 4 aliphatic carbocycles. The van der Waals surface area contributed by atoms with Crippen molar-refractivity contribution in [1.82, 2.24) is 0 Å². The van der Waals surface area contributed by atoms with Crippen LogP contribution in [0.4, 0.5) is 0 Å². The van der Waals surface area contributed by atoms with E-state index in [0.717, 1.165) is 32.1 Å². The van der Waals surface area contributed by atoms with Crippen molar-refractivity contribution in [2.24, 2.45) is 46.3 Å². The molecule has 2 N–H and O–H groups in total. The predicted octanol–water partition coefficient (Wildman–Crippen LogP) is 0.147. The second kappa shape index (κ2) is 8.73. The quantitative estimate of drug-likeness (QED) is 0.642. The van der Waals surface area contributed by atoms with Crippen LogP contribution in [0, 0.1) is 46.3 Å². The molecule has 4 saturated carbocycles. The summed E-state index contributed by atoms with van der Waals surface area (Å²) in [6.45, 7) is 7.11.